The minimum atomic E-state index is -0.205. The molecule has 2 heterocycles. The van der Waals surface area contributed by atoms with E-state index in [0.717, 1.165) is 19.3 Å². The van der Waals surface area contributed by atoms with Crippen LogP contribution in [0.5, 0.6) is 11.5 Å². The van der Waals surface area contributed by atoms with Crippen LogP contribution >= 0.6 is 0 Å². The molecule has 2 amide bonds. The van der Waals surface area contributed by atoms with Crippen LogP contribution < -0.4 is 14.8 Å². The first-order valence-electron chi connectivity index (χ1n) is 9.93. The van der Waals surface area contributed by atoms with Crippen LogP contribution in [0, 0.1) is 5.92 Å². The average Bonchev–Trinajstić information content (AvgIpc) is 3.22. The molecular formula is C21H30N2O5. The van der Waals surface area contributed by atoms with Gasteiger partial charge in [-0.15, -0.1) is 0 Å². The molecule has 7 heteroatoms. The molecule has 154 valence electrons. The summed E-state index contributed by atoms with van der Waals surface area (Å²) in [6, 6.07) is 3.63. The largest absolute Gasteiger partial charge is 0.493 e. The van der Waals surface area contributed by atoms with Gasteiger partial charge in [0.25, 0.3) is 5.91 Å². The molecule has 1 aromatic carbocycles. The van der Waals surface area contributed by atoms with Crippen molar-refractivity contribution in [2.24, 2.45) is 5.92 Å². The normalized spacial score (nSPS) is 24.7. The smallest absolute Gasteiger partial charge is 0.256 e. The van der Waals surface area contributed by atoms with Gasteiger partial charge in [0.05, 0.1) is 38.0 Å². The molecule has 2 fully saturated rings. The van der Waals surface area contributed by atoms with Gasteiger partial charge >= 0.3 is 0 Å². The van der Waals surface area contributed by atoms with E-state index in [0.29, 0.717) is 42.4 Å². The Hall–Kier alpha value is -2.28. The Bertz CT molecular complexity index is 720. The minimum Gasteiger partial charge on any atom is -0.493 e. The molecule has 28 heavy (non-hydrogen) atoms. The molecule has 2 aliphatic rings. The van der Waals surface area contributed by atoms with Crippen molar-refractivity contribution in [1.29, 1.82) is 0 Å². The maximum Gasteiger partial charge on any atom is 0.256 e. The summed E-state index contributed by atoms with van der Waals surface area (Å²) in [6.07, 6.45) is 3.75. The van der Waals surface area contributed by atoms with Crippen molar-refractivity contribution in [3.8, 4) is 11.5 Å². The van der Waals surface area contributed by atoms with E-state index in [9.17, 15) is 9.59 Å². The lowest BCUT2D eigenvalue weighted by atomic mass is 9.96. The van der Waals surface area contributed by atoms with Crippen molar-refractivity contribution in [3.63, 3.8) is 0 Å². The minimum absolute atomic E-state index is 0.0985. The molecule has 3 rings (SSSR count). The van der Waals surface area contributed by atoms with E-state index in [1.165, 1.54) is 14.2 Å². The highest BCUT2D eigenvalue weighted by Crippen LogP contribution is 2.36. The number of benzene rings is 1. The van der Waals surface area contributed by atoms with Gasteiger partial charge in [-0.3, -0.25) is 9.59 Å². The monoisotopic (exact) mass is 390 g/mol. The van der Waals surface area contributed by atoms with Crippen LogP contribution in [0.4, 0.5) is 5.69 Å². The summed E-state index contributed by atoms with van der Waals surface area (Å²) < 4.78 is 16.1. The lowest BCUT2D eigenvalue weighted by molar-refractivity contribution is -0.119. The summed E-state index contributed by atoms with van der Waals surface area (Å²) in [5, 5.41) is 2.93. The zero-order chi connectivity index (χ0) is 20.3. The lowest BCUT2D eigenvalue weighted by Crippen LogP contribution is -2.47. The van der Waals surface area contributed by atoms with Crippen molar-refractivity contribution in [2.45, 2.75) is 51.6 Å². The number of carbonyl (C=O) groups is 2. The van der Waals surface area contributed by atoms with Crippen LogP contribution in [-0.4, -0.2) is 56.2 Å². The zero-order valence-corrected chi connectivity index (χ0v) is 17.1. The summed E-state index contributed by atoms with van der Waals surface area (Å²) >= 11 is 0. The topological polar surface area (TPSA) is 77.1 Å². The number of nitrogens with one attached hydrogen (secondary N) is 1. The number of rotatable bonds is 5. The number of amides is 2. The molecule has 0 bridgehead atoms. The molecule has 7 nitrogen and oxygen atoms in total. The van der Waals surface area contributed by atoms with E-state index in [1.54, 1.807) is 12.1 Å². The fraction of sp³-hybridized carbons (Fsp3) is 0.619. The van der Waals surface area contributed by atoms with Crippen LogP contribution in [0.15, 0.2) is 12.1 Å². The molecule has 0 radical (unpaired) electrons. The molecule has 3 atom stereocenters. The average molecular weight is 390 g/mol. The first-order chi connectivity index (χ1) is 13.5. The maximum absolute atomic E-state index is 13.5. The SMILES string of the molecule is COc1cc(NC(=O)C2CCOC2)c(C(=O)N2C(C)CCCC2C)cc1OC. The third-order valence-electron chi connectivity index (χ3n) is 5.74. The molecule has 1 aromatic rings. The summed E-state index contributed by atoms with van der Waals surface area (Å²) in [5.41, 5.74) is 0.870. The second-order valence-corrected chi connectivity index (χ2v) is 7.64. The van der Waals surface area contributed by atoms with E-state index in [4.69, 9.17) is 14.2 Å². The summed E-state index contributed by atoms with van der Waals surface area (Å²) in [5.74, 6) is 0.489. The van der Waals surface area contributed by atoms with Crippen LogP contribution in [0.25, 0.3) is 0 Å². The number of nitrogens with zero attached hydrogens (tertiary/aromatic N) is 1. The van der Waals surface area contributed by atoms with Crippen molar-refractivity contribution >= 4 is 17.5 Å². The highest BCUT2D eigenvalue weighted by Gasteiger charge is 2.32. The Morgan fingerprint density at radius 2 is 1.71 bits per heavy atom. The first-order valence-corrected chi connectivity index (χ1v) is 9.93. The predicted octanol–water partition coefficient (Wildman–Crippen LogP) is 3.08. The van der Waals surface area contributed by atoms with Crippen molar-refractivity contribution in [3.05, 3.63) is 17.7 Å². The summed E-state index contributed by atoms with van der Waals surface area (Å²) in [4.78, 5) is 28.0. The Labute approximate surface area is 166 Å². The quantitative estimate of drug-likeness (QED) is 0.836. The fourth-order valence-corrected chi connectivity index (χ4v) is 4.10. The standard InChI is InChI=1S/C21H30N2O5/c1-13-6-5-7-14(2)23(13)21(25)16-10-18(26-3)19(27-4)11-17(16)22-20(24)15-8-9-28-12-15/h10-11,13-15H,5-9,12H2,1-4H3,(H,22,24). The molecule has 2 aliphatic heterocycles. The van der Waals surface area contributed by atoms with Gasteiger partial charge < -0.3 is 24.4 Å². The number of piperidine rings is 1. The van der Waals surface area contributed by atoms with E-state index < -0.39 is 0 Å². The summed E-state index contributed by atoms with van der Waals surface area (Å²) in [6.45, 7) is 5.13. The van der Waals surface area contributed by atoms with Crippen LogP contribution in [0.3, 0.4) is 0 Å². The molecule has 1 N–H and O–H groups in total. The predicted molar refractivity (Wildman–Crippen MR) is 106 cm³/mol. The zero-order valence-electron chi connectivity index (χ0n) is 17.1. The van der Waals surface area contributed by atoms with Gasteiger partial charge in [0.15, 0.2) is 11.5 Å². The van der Waals surface area contributed by atoms with E-state index in [1.807, 2.05) is 4.90 Å². The van der Waals surface area contributed by atoms with Gasteiger partial charge in [-0.25, -0.2) is 0 Å². The molecule has 0 saturated carbocycles. The number of ether oxygens (including phenoxy) is 3. The second-order valence-electron chi connectivity index (χ2n) is 7.64. The molecule has 2 saturated heterocycles. The Balaban J connectivity index is 1.97. The van der Waals surface area contributed by atoms with Crippen molar-refractivity contribution < 1.29 is 23.8 Å². The van der Waals surface area contributed by atoms with E-state index in [2.05, 4.69) is 19.2 Å². The van der Waals surface area contributed by atoms with Crippen LogP contribution in [0.2, 0.25) is 0 Å². The number of hydrogen-bond acceptors (Lipinski definition) is 5. The number of carbonyl (C=O) groups excluding carboxylic acids is 2. The number of likely N-dealkylation sites (tertiary alicyclic amines) is 1. The first kappa shape index (κ1) is 20.5. The Morgan fingerprint density at radius 3 is 2.29 bits per heavy atom. The van der Waals surface area contributed by atoms with Gasteiger partial charge in [0.2, 0.25) is 5.91 Å². The van der Waals surface area contributed by atoms with Gasteiger partial charge in [-0.1, -0.05) is 0 Å². The molecular weight excluding hydrogens is 360 g/mol. The van der Waals surface area contributed by atoms with E-state index in [-0.39, 0.29) is 29.8 Å². The fourth-order valence-electron chi connectivity index (χ4n) is 4.10. The molecule has 3 unspecified atom stereocenters. The molecule has 0 spiro atoms. The van der Waals surface area contributed by atoms with Gasteiger partial charge in [0, 0.05) is 24.8 Å². The highest BCUT2D eigenvalue weighted by molar-refractivity contribution is 6.05. The number of anilines is 1. The van der Waals surface area contributed by atoms with Crippen LogP contribution in [0.1, 0.15) is 49.9 Å². The Kier molecular flexibility index (Phi) is 6.44. The third-order valence-corrected chi connectivity index (χ3v) is 5.74. The van der Waals surface area contributed by atoms with Crippen LogP contribution in [-0.2, 0) is 9.53 Å². The Morgan fingerprint density at radius 1 is 1.07 bits per heavy atom. The number of methoxy groups -OCH3 is 2. The third kappa shape index (κ3) is 4.09. The molecule has 0 aromatic heterocycles. The molecule has 0 aliphatic carbocycles. The lowest BCUT2D eigenvalue weighted by Gasteiger charge is -2.39. The van der Waals surface area contributed by atoms with Gasteiger partial charge in [-0.2, -0.15) is 0 Å². The van der Waals surface area contributed by atoms with E-state index >= 15 is 0 Å². The highest BCUT2D eigenvalue weighted by atomic mass is 16.5. The van der Waals surface area contributed by atoms with Gasteiger partial charge in [0.1, 0.15) is 0 Å². The van der Waals surface area contributed by atoms with Crippen molar-refractivity contribution in [2.75, 3.05) is 32.8 Å². The number of hydrogen-bond donors (Lipinski definition) is 1. The second kappa shape index (κ2) is 8.82. The maximum atomic E-state index is 13.5. The summed E-state index contributed by atoms with van der Waals surface area (Å²) in [7, 11) is 3.07. The van der Waals surface area contributed by atoms with Crippen molar-refractivity contribution in [1.82, 2.24) is 4.90 Å². The van der Waals surface area contributed by atoms with Gasteiger partial charge in [-0.05, 0) is 45.6 Å².